The predicted octanol–water partition coefficient (Wildman–Crippen LogP) is 4.78. The Morgan fingerprint density at radius 3 is 2.33 bits per heavy atom. The Morgan fingerprint density at radius 1 is 1.19 bits per heavy atom. The molecule has 0 aromatic heterocycles. The summed E-state index contributed by atoms with van der Waals surface area (Å²) >= 11 is 0. The van der Waals surface area contributed by atoms with Crippen molar-refractivity contribution >= 4 is 12.4 Å². The smallest absolute Gasteiger partial charge is 0.428 e. The summed E-state index contributed by atoms with van der Waals surface area (Å²) in [4.78, 5) is 0. The van der Waals surface area contributed by atoms with Gasteiger partial charge in [0.05, 0.1) is 0 Å². The first-order valence-corrected chi connectivity index (χ1v) is 6.43. The standard InChI is InChI=1S/C14H19F4NO.ClH/c1-9(2)6-7-12(19)10-4-3-5-11(8-10)20-14(17,18)13(15)16;/h3-5,8-9,12-13H,6-7,19H2,1-2H3;1H/t12-;/m0./s1. The zero-order chi connectivity index (χ0) is 15.3. The van der Waals surface area contributed by atoms with Gasteiger partial charge >= 0.3 is 12.5 Å². The molecule has 0 saturated heterocycles. The number of alkyl halides is 4. The Morgan fingerprint density at radius 2 is 1.81 bits per heavy atom. The molecule has 0 amide bonds. The molecule has 1 aromatic carbocycles. The van der Waals surface area contributed by atoms with Crippen molar-refractivity contribution in [3.63, 3.8) is 0 Å². The summed E-state index contributed by atoms with van der Waals surface area (Å²) in [6.45, 7) is 4.10. The fourth-order valence-corrected chi connectivity index (χ4v) is 1.69. The van der Waals surface area contributed by atoms with E-state index in [4.69, 9.17) is 5.73 Å². The number of halogens is 5. The van der Waals surface area contributed by atoms with Gasteiger partial charge < -0.3 is 10.5 Å². The first kappa shape index (κ1) is 20.0. The van der Waals surface area contributed by atoms with E-state index in [1.165, 1.54) is 18.2 Å². The van der Waals surface area contributed by atoms with E-state index in [9.17, 15) is 17.6 Å². The summed E-state index contributed by atoms with van der Waals surface area (Å²) in [7, 11) is 0. The lowest BCUT2D eigenvalue weighted by Crippen LogP contribution is -2.33. The summed E-state index contributed by atoms with van der Waals surface area (Å²) in [5.41, 5.74) is 6.54. The number of hydrogen-bond acceptors (Lipinski definition) is 2. The van der Waals surface area contributed by atoms with E-state index in [-0.39, 0.29) is 24.2 Å². The predicted molar refractivity (Wildman–Crippen MR) is 76.3 cm³/mol. The van der Waals surface area contributed by atoms with Crippen LogP contribution in [0.1, 0.15) is 38.3 Å². The van der Waals surface area contributed by atoms with Crippen molar-refractivity contribution in [2.24, 2.45) is 11.7 Å². The van der Waals surface area contributed by atoms with Gasteiger partial charge in [-0.05, 0) is 36.5 Å². The summed E-state index contributed by atoms with van der Waals surface area (Å²) < 4.78 is 53.8. The van der Waals surface area contributed by atoms with Crippen LogP contribution >= 0.6 is 12.4 Å². The molecule has 0 aliphatic heterocycles. The van der Waals surface area contributed by atoms with Crippen molar-refractivity contribution in [3.8, 4) is 5.75 Å². The highest BCUT2D eigenvalue weighted by atomic mass is 35.5. The number of ether oxygens (including phenoxy) is 1. The van der Waals surface area contributed by atoms with Crippen LogP contribution in [0.4, 0.5) is 17.6 Å². The summed E-state index contributed by atoms with van der Waals surface area (Å²) in [6, 6.07) is 5.27. The summed E-state index contributed by atoms with van der Waals surface area (Å²) in [6.07, 6.45) is -6.80. The van der Waals surface area contributed by atoms with Crippen LogP contribution < -0.4 is 10.5 Å². The maximum absolute atomic E-state index is 12.8. The Balaban J connectivity index is 0.00000400. The Kier molecular flexibility index (Phi) is 8.03. The molecule has 0 radical (unpaired) electrons. The molecule has 0 fully saturated rings. The van der Waals surface area contributed by atoms with Crippen LogP contribution in [0.25, 0.3) is 0 Å². The van der Waals surface area contributed by atoms with Gasteiger partial charge in [0, 0.05) is 6.04 Å². The van der Waals surface area contributed by atoms with Gasteiger partial charge in [0.2, 0.25) is 0 Å². The highest BCUT2D eigenvalue weighted by Gasteiger charge is 2.43. The molecule has 0 aliphatic rings. The fraction of sp³-hybridized carbons (Fsp3) is 0.571. The lowest BCUT2D eigenvalue weighted by atomic mass is 9.98. The van der Waals surface area contributed by atoms with Crippen LogP contribution in [0.3, 0.4) is 0 Å². The number of hydrogen-bond donors (Lipinski definition) is 1. The van der Waals surface area contributed by atoms with Gasteiger partial charge in [-0.3, -0.25) is 0 Å². The van der Waals surface area contributed by atoms with Crippen molar-refractivity contribution in [1.82, 2.24) is 0 Å². The zero-order valence-corrected chi connectivity index (χ0v) is 12.7. The van der Waals surface area contributed by atoms with Gasteiger partial charge in [-0.15, -0.1) is 12.4 Å². The number of benzene rings is 1. The van der Waals surface area contributed by atoms with Crippen LogP contribution in [0.5, 0.6) is 5.75 Å². The van der Waals surface area contributed by atoms with Gasteiger partial charge in [-0.1, -0.05) is 26.0 Å². The van der Waals surface area contributed by atoms with Gasteiger partial charge in [0.25, 0.3) is 0 Å². The molecular weight excluding hydrogens is 310 g/mol. The van der Waals surface area contributed by atoms with E-state index in [1.54, 1.807) is 6.07 Å². The fourth-order valence-electron chi connectivity index (χ4n) is 1.69. The van der Waals surface area contributed by atoms with Crippen molar-refractivity contribution in [3.05, 3.63) is 29.8 Å². The van der Waals surface area contributed by atoms with Crippen molar-refractivity contribution in [2.45, 2.75) is 45.3 Å². The van der Waals surface area contributed by atoms with E-state index >= 15 is 0 Å². The monoisotopic (exact) mass is 329 g/mol. The first-order chi connectivity index (χ1) is 9.22. The largest absolute Gasteiger partial charge is 0.461 e. The maximum Gasteiger partial charge on any atom is 0.461 e. The average Bonchev–Trinajstić information content (AvgIpc) is 2.35. The third kappa shape index (κ3) is 6.52. The van der Waals surface area contributed by atoms with Gasteiger partial charge in [-0.25, -0.2) is 0 Å². The maximum atomic E-state index is 12.8. The molecule has 1 atom stereocenters. The molecule has 2 nitrogen and oxygen atoms in total. The third-order valence-electron chi connectivity index (χ3n) is 2.85. The molecule has 0 bridgehead atoms. The van der Waals surface area contributed by atoms with E-state index in [0.717, 1.165) is 6.42 Å². The molecule has 2 N–H and O–H groups in total. The van der Waals surface area contributed by atoms with Crippen molar-refractivity contribution in [1.29, 1.82) is 0 Å². The second-order valence-electron chi connectivity index (χ2n) is 5.11. The van der Waals surface area contributed by atoms with Gasteiger partial charge in [0.15, 0.2) is 0 Å². The molecule has 1 rings (SSSR count). The Hall–Kier alpha value is -1.01. The van der Waals surface area contributed by atoms with Crippen LogP contribution in [0.2, 0.25) is 0 Å². The molecule has 0 heterocycles. The topological polar surface area (TPSA) is 35.2 Å². The van der Waals surface area contributed by atoms with Crippen LogP contribution in [0, 0.1) is 5.92 Å². The van der Waals surface area contributed by atoms with Crippen LogP contribution in [-0.2, 0) is 0 Å². The highest BCUT2D eigenvalue weighted by molar-refractivity contribution is 5.85. The lowest BCUT2D eigenvalue weighted by molar-refractivity contribution is -0.253. The Bertz CT molecular complexity index is 429. The average molecular weight is 330 g/mol. The normalized spacial score (nSPS) is 13.2. The molecule has 0 aliphatic carbocycles. The van der Waals surface area contributed by atoms with Crippen molar-refractivity contribution in [2.75, 3.05) is 0 Å². The summed E-state index contributed by atoms with van der Waals surface area (Å²) in [5, 5.41) is 0. The molecule has 0 unspecified atom stereocenters. The minimum absolute atomic E-state index is 0. The minimum atomic E-state index is -4.50. The van der Waals surface area contributed by atoms with E-state index in [1.807, 2.05) is 0 Å². The molecule has 7 heteroatoms. The number of rotatable bonds is 7. The third-order valence-corrected chi connectivity index (χ3v) is 2.85. The second kappa shape index (κ2) is 8.44. The summed E-state index contributed by atoms with van der Waals surface area (Å²) in [5.74, 6) is 0.163. The number of nitrogens with two attached hydrogens (primary N) is 1. The van der Waals surface area contributed by atoms with Crippen LogP contribution in [-0.4, -0.2) is 12.5 Å². The van der Waals surface area contributed by atoms with Gasteiger partial charge in [0.1, 0.15) is 5.75 Å². The SMILES string of the molecule is CC(C)CC[C@H](N)c1cccc(OC(F)(F)C(F)F)c1.Cl. The minimum Gasteiger partial charge on any atom is -0.428 e. The molecular formula is C14H20ClF4NO. The quantitative estimate of drug-likeness (QED) is 0.730. The highest BCUT2D eigenvalue weighted by Crippen LogP contribution is 2.29. The first-order valence-electron chi connectivity index (χ1n) is 6.43. The molecule has 1 aromatic rings. The van der Waals surface area contributed by atoms with Crippen LogP contribution in [0.15, 0.2) is 24.3 Å². The molecule has 21 heavy (non-hydrogen) atoms. The molecule has 122 valence electrons. The second-order valence-corrected chi connectivity index (χ2v) is 5.11. The van der Waals surface area contributed by atoms with E-state index < -0.39 is 12.5 Å². The van der Waals surface area contributed by atoms with E-state index in [2.05, 4.69) is 18.6 Å². The van der Waals surface area contributed by atoms with Crippen molar-refractivity contribution < 1.29 is 22.3 Å². The van der Waals surface area contributed by atoms with E-state index in [0.29, 0.717) is 17.9 Å². The molecule has 0 saturated carbocycles. The lowest BCUT2D eigenvalue weighted by Gasteiger charge is -2.18. The Labute approximate surface area is 128 Å². The zero-order valence-electron chi connectivity index (χ0n) is 11.9. The molecule has 0 spiro atoms. The van der Waals surface area contributed by atoms with Gasteiger partial charge in [-0.2, -0.15) is 17.6 Å².